The van der Waals surface area contributed by atoms with Gasteiger partial charge in [-0.05, 0) is 98.1 Å². The molecule has 0 aliphatic carbocycles. The first-order chi connectivity index (χ1) is 37.0. The smallest absolute Gasteiger partial charge is 0.485 e. The standard InChI is InChI=1S/4C10H8N3.CH2Cl2.3CHF3O3S.O.2W/c4*1-3-7-11-9(5-1)13-10-6-2-4-8-12-10;2-1-3;3*2-1(3,4)8(5,6)7;;;/h4*1-8H;1H2;3*(H,5,6,7);;;/q4*-1;;;;;-2;;/p-3. The molecule has 0 fully saturated rings. The summed E-state index contributed by atoms with van der Waals surface area (Å²) in [5, 5.41) is 17.1. The van der Waals surface area contributed by atoms with E-state index in [1.807, 2.05) is 146 Å². The molecule has 446 valence electrons. The predicted octanol–water partition coefficient (Wildman–Crippen LogP) is 12.7. The van der Waals surface area contributed by atoms with E-state index in [1.54, 1.807) is 49.6 Å². The van der Waals surface area contributed by atoms with Crippen molar-refractivity contribution in [3.05, 3.63) is 216 Å². The molecule has 0 saturated heterocycles. The predicted molar refractivity (Wildman–Crippen MR) is 269 cm³/mol. The van der Waals surface area contributed by atoms with Crippen molar-refractivity contribution in [1.29, 1.82) is 0 Å². The van der Waals surface area contributed by atoms with Gasteiger partial charge in [-0.15, -0.1) is 23.2 Å². The molecular formula is C44H34Cl2F9N12O10S3W2-9. The van der Waals surface area contributed by atoms with Crippen LogP contribution in [0.3, 0.4) is 0 Å². The molecule has 0 aliphatic heterocycles. The summed E-state index contributed by atoms with van der Waals surface area (Å²) in [6.07, 6.45) is 13.7. The summed E-state index contributed by atoms with van der Waals surface area (Å²) in [5.41, 5.74) is -16.9. The van der Waals surface area contributed by atoms with Crippen molar-refractivity contribution >= 4 is 100 Å². The third-order valence-corrected chi connectivity index (χ3v) is 8.66. The summed E-state index contributed by atoms with van der Waals surface area (Å²) in [6, 6.07) is 44.8. The minimum atomic E-state index is -6.09. The summed E-state index contributed by atoms with van der Waals surface area (Å²) in [4.78, 5) is 32.5. The molecular weight excluding hydrogens is 1560 g/mol. The Morgan fingerprint density at radius 3 is 0.476 bits per heavy atom. The second-order valence-electron chi connectivity index (χ2n) is 12.8. The Morgan fingerprint density at radius 1 is 0.317 bits per heavy atom. The topological polar surface area (TPSA) is 360 Å². The Labute approximate surface area is 501 Å². The normalized spacial score (nSPS) is 10.4. The molecule has 0 spiro atoms. The molecule has 0 saturated carbocycles. The Morgan fingerprint density at radius 2 is 0.415 bits per heavy atom. The molecule has 0 atom stereocenters. The number of halogens is 11. The van der Waals surface area contributed by atoms with Crippen LogP contribution in [0.1, 0.15) is 0 Å². The number of hydrogen-bond acceptors (Lipinski definition) is 17. The van der Waals surface area contributed by atoms with E-state index in [0.717, 1.165) is 0 Å². The molecule has 8 rings (SSSR count). The van der Waals surface area contributed by atoms with Crippen LogP contribution in [0.25, 0.3) is 21.3 Å². The van der Waals surface area contributed by atoms with E-state index in [0.29, 0.717) is 46.5 Å². The van der Waals surface area contributed by atoms with Gasteiger partial charge in [0.15, 0.2) is 30.4 Å². The van der Waals surface area contributed by atoms with Gasteiger partial charge in [-0.1, -0.05) is 97.1 Å². The number of pyridine rings is 8. The van der Waals surface area contributed by atoms with E-state index < -0.39 is 46.9 Å². The molecule has 0 radical (unpaired) electrons. The quantitative estimate of drug-likeness (QED) is 0.0590. The molecule has 0 bridgehead atoms. The van der Waals surface area contributed by atoms with Crippen LogP contribution in [-0.2, 0) is 78.0 Å². The first-order valence-corrected chi connectivity index (χ1v) is 25.6. The molecule has 8 aromatic heterocycles. The summed E-state index contributed by atoms with van der Waals surface area (Å²) in [7, 11) is -18.3. The average molecular weight is 1600 g/mol. The van der Waals surface area contributed by atoms with Gasteiger partial charge in [-0.3, -0.25) is 0 Å². The molecule has 0 amide bonds. The minimum absolute atomic E-state index is 0. The van der Waals surface area contributed by atoms with Gasteiger partial charge in [-0.2, -0.15) is 39.5 Å². The summed E-state index contributed by atoms with van der Waals surface area (Å²) < 4.78 is 177. The van der Waals surface area contributed by atoms with E-state index in [9.17, 15) is 39.5 Å². The maximum Gasteiger partial charge on any atom is 0.485 e. The molecule has 0 unspecified atom stereocenters. The number of hydrogen-bond donors (Lipinski definition) is 0. The third-order valence-electron chi connectivity index (χ3n) is 6.96. The molecule has 22 nitrogen and oxygen atoms in total. The van der Waals surface area contributed by atoms with Crippen LogP contribution in [-0.4, -0.2) is 101 Å². The van der Waals surface area contributed by atoms with Crippen molar-refractivity contribution in [1.82, 2.24) is 39.9 Å². The van der Waals surface area contributed by atoms with Gasteiger partial charge in [0.25, 0.3) is 0 Å². The largest absolute Gasteiger partial charge is 2.00 e. The van der Waals surface area contributed by atoms with Gasteiger partial charge in [-0.25, -0.2) is 25.3 Å². The molecule has 82 heavy (non-hydrogen) atoms. The first-order valence-electron chi connectivity index (χ1n) is 20.3. The van der Waals surface area contributed by atoms with E-state index in [-0.39, 0.29) is 52.9 Å². The van der Waals surface area contributed by atoms with Gasteiger partial charge in [0, 0.05) is 88.7 Å². The fourth-order valence-electron chi connectivity index (χ4n) is 3.83. The van der Waals surface area contributed by atoms with Gasteiger partial charge in [0.2, 0.25) is 0 Å². The molecule has 0 aromatic carbocycles. The average Bonchev–Trinajstić information content (AvgIpc) is 3.39. The molecule has 0 N–H and O–H groups in total. The van der Waals surface area contributed by atoms with Gasteiger partial charge in [0.05, 0.1) is 5.34 Å². The van der Waals surface area contributed by atoms with Crippen LogP contribution in [0.2, 0.25) is 0 Å². The zero-order valence-electron chi connectivity index (χ0n) is 40.3. The van der Waals surface area contributed by atoms with Crippen molar-refractivity contribution in [3.63, 3.8) is 0 Å². The van der Waals surface area contributed by atoms with Crippen LogP contribution in [0.4, 0.5) is 86.1 Å². The van der Waals surface area contributed by atoms with Crippen molar-refractivity contribution < 1.29 is 126 Å². The summed E-state index contributed by atoms with van der Waals surface area (Å²) in [5.74, 6) is 5.45. The van der Waals surface area contributed by atoms with Crippen LogP contribution >= 0.6 is 23.2 Å². The van der Waals surface area contributed by atoms with E-state index in [1.165, 1.54) is 0 Å². The molecule has 38 heteroatoms. The Hall–Kier alpha value is -6.58. The Kier molecular flexibility index (Phi) is 40.2. The zero-order chi connectivity index (χ0) is 59.4. The minimum Gasteiger partial charge on any atom is -2.00 e. The van der Waals surface area contributed by atoms with Crippen LogP contribution in [0.5, 0.6) is 0 Å². The SMILES string of the molecule is ClCCl.O=S(=O)([O-])C(F)(F)F.O=S(=O)([O-])C(F)(F)F.O=S(=O)([O-])C(F)(F)F.[O-2].[W].[W].c1ccc([N-]c2ccccn2)nc1.c1ccc([N-]c2ccccn2)nc1.c1ccc([N-]c2ccccn2)nc1.c1ccc([N-]c2ccccn2)nc1. The van der Waals surface area contributed by atoms with E-state index in [2.05, 4.69) is 61.1 Å². The van der Waals surface area contributed by atoms with Crippen molar-refractivity contribution in [2.24, 2.45) is 0 Å². The second kappa shape index (κ2) is 41.4. The maximum absolute atomic E-state index is 10.7. The van der Waals surface area contributed by atoms with Crippen LogP contribution < -0.4 is 0 Å². The Balaban J connectivity index is -0.000000885. The molecule has 8 aromatic rings. The summed E-state index contributed by atoms with van der Waals surface area (Å²) >= 11 is 9.53. The van der Waals surface area contributed by atoms with Crippen molar-refractivity contribution in [3.8, 4) is 0 Å². The first kappa shape index (κ1) is 79.6. The number of rotatable bonds is 8. The monoisotopic (exact) mass is 1590 g/mol. The fraction of sp³-hybridized carbons (Fsp3) is 0.0909. The van der Waals surface area contributed by atoms with Gasteiger partial charge >= 0.3 is 16.5 Å². The second-order valence-corrected chi connectivity index (χ2v) is 17.7. The van der Waals surface area contributed by atoms with Crippen LogP contribution in [0, 0.1) is 0 Å². The summed E-state index contributed by atoms with van der Waals surface area (Å²) in [6.45, 7) is 0. The number of alkyl halides is 11. The number of nitrogens with zero attached hydrogens (tertiary/aromatic N) is 12. The Bertz CT molecular complexity index is 2660. The zero-order valence-corrected chi connectivity index (χ0v) is 50.2. The molecule has 8 heterocycles. The third kappa shape index (κ3) is 38.2. The van der Waals surface area contributed by atoms with Crippen molar-refractivity contribution in [2.45, 2.75) is 16.5 Å². The van der Waals surface area contributed by atoms with E-state index in [4.69, 9.17) is 62.1 Å². The fourth-order valence-corrected chi connectivity index (χ4v) is 3.83. The van der Waals surface area contributed by atoms with Gasteiger partial charge < -0.3 is 80.3 Å². The van der Waals surface area contributed by atoms with E-state index >= 15 is 0 Å². The molecule has 0 aliphatic rings. The van der Waals surface area contributed by atoms with Gasteiger partial charge in [0.1, 0.15) is 0 Å². The van der Waals surface area contributed by atoms with Crippen LogP contribution in [0.15, 0.2) is 195 Å². The number of aromatic nitrogens is 8. The maximum atomic E-state index is 10.7. The van der Waals surface area contributed by atoms with Crippen molar-refractivity contribution in [2.75, 3.05) is 5.34 Å².